The molecule has 0 spiro atoms. The van der Waals surface area contributed by atoms with Crippen LogP contribution >= 0.6 is 11.6 Å². The van der Waals surface area contributed by atoms with E-state index in [1.807, 2.05) is 10.8 Å². The van der Waals surface area contributed by atoms with Crippen LogP contribution in [0.3, 0.4) is 0 Å². The average molecular weight is 447 g/mol. The van der Waals surface area contributed by atoms with Crippen molar-refractivity contribution < 1.29 is 14.3 Å². The van der Waals surface area contributed by atoms with Crippen molar-refractivity contribution in [1.82, 2.24) is 20.4 Å². The fourth-order valence-corrected chi connectivity index (χ4v) is 3.03. The van der Waals surface area contributed by atoms with Gasteiger partial charge >= 0.3 is 0 Å². The number of hydrogen-bond acceptors (Lipinski definition) is 4. The highest BCUT2D eigenvalue weighted by Gasteiger charge is 2.10. The second-order valence-electron chi connectivity index (χ2n) is 6.86. The molecule has 0 fully saturated rings. The smallest absolute Gasteiger partial charge is 0.269 e. The van der Waals surface area contributed by atoms with E-state index in [1.54, 1.807) is 85.3 Å². The van der Waals surface area contributed by atoms with Crippen LogP contribution in [-0.2, 0) is 6.61 Å². The number of aromatic nitrogens is 2. The molecule has 0 saturated carbocycles. The van der Waals surface area contributed by atoms with Crippen molar-refractivity contribution in [2.75, 3.05) is 0 Å². The van der Waals surface area contributed by atoms with Gasteiger partial charge in [-0.1, -0.05) is 23.7 Å². The van der Waals surface area contributed by atoms with Gasteiger partial charge in [0.15, 0.2) is 0 Å². The monoisotopic (exact) mass is 446 g/mol. The minimum Gasteiger partial charge on any atom is -0.489 e. The third kappa shape index (κ3) is 5.33. The van der Waals surface area contributed by atoms with E-state index < -0.39 is 11.8 Å². The van der Waals surface area contributed by atoms with E-state index in [-0.39, 0.29) is 0 Å². The largest absolute Gasteiger partial charge is 0.489 e. The molecule has 8 heteroatoms. The SMILES string of the molecule is O=C(NNC(=O)c1ccc(-n2ccnc2)cc1)c1ccc(COc2ccc(Cl)cc2)cc1. The Labute approximate surface area is 189 Å². The summed E-state index contributed by atoms with van der Waals surface area (Å²) in [6.07, 6.45) is 5.16. The number of imidazole rings is 1. The van der Waals surface area contributed by atoms with Gasteiger partial charge in [0.1, 0.15) is 12.4 Å². The Morgan fingerprint density at radius 2 is 1.44 bits per heavy atom. The first-order chi connectivity index (χ1) is 15.6. The number of nitrogens with zero attached hydrogens (tertiary/aromatic N) is 2. The summed E-state index contributed by atoms with van der Waals surface area (Å²) < 4.78 is 7.51. The van der Waals surface area contributed by atoms with Gasteiger partial charge in [-0.25, -0.2) is 4.98 Å². The summed E-state index contributed by atoms with van der Waals surface area (Å²) in [6, 6.07) is 21.0. The number of halogens is 1. The number of rotatable bonds is 6. The molecule has 2 amide bonds. The Morgan fingerprint density at radius 1 is 0.844 bits per heavy atom. The van der Waals surface area contributed by atoms with Crippen molar-refractivity contribution in [1.29, 1.82) is 0 Å². The zero-order valence-electron chi connectivity index (χ0n) is 16.9. The highest BCUT2D eigenvalue weighted by atomic mass is 35.5. The number of benzene rings is 3. The molecule has 0 aliphatic carbocycles. The fraction of sp³-hybridized carbons (Fsp3) is 0.0417. The maximum atomic E-state index is 12.3. The molecule has 4 aromatic rings. The Bertz CT molecular complexity index is 1190. The Kier molecular flexibility index (Phi) is 6.48. The molecule has 0 radical (unpaired) electrons. The van der Waals surface area contributed by atoms with E-state index in [9.17, 15) is 9.59 Å². The van der Waals surface area contributed by atoms with Crippen LogP contribution in [0.2, 0.25) is 5.02 Å². The van der Waals surface area contributed by atoms with Gasteiger partial charge in [-0.15, -0.1) is 0 Å². The van der Waals surface area contributed by atoms with Crippen molar-refractivity contribution in [3.05, 3.63) is 113 Å². The van der Waals surface area contributed by atoms with Gasteiger partial charge in [0, 0.05) is 34.2 Å². The summed E-state index contributed by atoms with van der Waals surface area (Å²) in [4.78, 5) is 28.6. The number of nitrogens with one attached hydrogen (secondary N) is 2. The Hall–Kier alpha value is -4.10. The van der Waals surface area contributed by atoms with Crippen LogP contribution in [0.15, 0.2) is 91.5 Å². The summed E-state index contributed by atoms with van der Waals surface area (Å²) in [6.45, 7) is 0.356. The van der Waals surface area contributed by atoms with E-state index in [4.69, 9.17) is 16.3 Å². The highest BCUT2D eigenvalue weighted by Crippen LogP contribution is 2.17. The lowest BCUT2D eigenvalue weighted by Gasteiger charge is -2.09. The standard InChI is InChI=1S/C24H19ClN4O3/c25-20-7-11-22(12-8-20)32-15-17-1-3-18(4-2-17)23(30)27-28-24(31)19-5-9-21(10-6-19)29-14-13-26-16-29/h1-14,16H,15H2,(H,27,30)(H,28,31). The topological polar surface area (TPSA) is 85.3 Å². The molecule has 0 bridgehead atoms. The molecule has 0 saturated heterocycles. The Morgan fingerprint density at radius 3 is 2.00 bits per heavy atom. The van der Waals surface area contributed by atoms with Crippen molar-refractivity contribution in [3.8, 4) is 11.4 Å². The molecular weight excluding hydrogens is 428 g/mol. The summed E-state index contributed by atoms with van der Waals surface area (Å²) in [5, 5.41) is 0.645. The first kappa shape index (κ1) is 21.1. The van der Waals surface area contributed by atoms with Crippen LogP contribution in [0.25, 0.3) is 5.69 Å². The second kappa shape index (κ2) is 9.80. The molecule has 1 heterocycles. The van der Waals surface area contributed by atoms with Gasteiger partial charge in [-0.3, -0.25) is 20.4 Å². The van der Waals surface area contributed by atoms with E-state index in [0.717, 1.165) is 11.3 Å². The van der Waals surface area contributed by atoms with Gasteiger partial charge in [-0.2, -0.15) is 0 Å². The van der Waals surface area contributed by atoms with Crippen molar-refractivity contribution in [2.45, 2.75) is 6.61 Å². The number of carbonyl (C=O) groups excluding carboxylic acids is 2. The zero-order chi connectivity index (χ0) is 22.3. The first-order valence-electron chi connectivity index (χ1n) is 9.75. The maximum Gasteiger partial charge on any atom is 0.269 e. The molecular formula is C24H19ClN4O3. The summed E-state index contributed by atoms with van der Waals surface area (Å²) in [5.74, 6) is -0.126. The molecule has 160 valence electrons. The molecule has 3 aromatic carbocycles. The summed E-state index contributed by atoms with van der Waals surface area (Å²) >= 11 is 5.86. The third-order valence-electron chi connectivity index (χ3n) is 4.66. The number of hydrazine groups is 1. The molecule has 0 unspecified atom stereocenters. The fourth-order valence-electron chi connectivity index (χ4n) is 2.90. The van der Waals surface area contributed by atoms with Crippen LogP contribution < -0.4 is 15.6 Å². The zero-order valence-corrected chi connectivity index (χ0v) is 17.6. The lowest BCUT2D eigenvalue weighted by molar-refractivity contribution is 0.0846. The van der Waals surface area contributed by atoms with Gasteiger partial charge in [0.05, 0.1) is 6.33 Å². The molecule has 7 nitrogen and oxygen atoms in total. The molecule has 2 N–H and O–H groups in total. The quantitative estimate of drug-likeness (QED) is 0.435. The lowest BCUT2D eigenvalue weighted by Crippen LogP contribution is -2.41. The predicted molar refractivity (Wildman–Crippen MR) is 121 cm³/mol. The molecule has 0 atom stereocenters. The highest BCUT2D eigenvalue weighted by molar-refractivity contribution is 6.30. The maximum absolute atomic E-state index is 12.3. The van der Waals surface area contributed by atoms with E-state index in [1.165, 1.54) is 0 Å². The molecule has 0 aliphatic rings. The lowest BCUT2D eigenvalue weighted by atomic mass is 10.1. The van der Waals surface area contributed by atoms with Crippen molar-refractivity contribution in [2.24, 2.45) is 0 Å². The average Bonchev–Trinajstić information content (AvgIpc) is 3.37. The molecule has 32 heavy (non-hydrogen) atoms. The number of hydrogen-bond donors (Lipinski definition) is 2. The van der Waals surface area contributed by atoms with E-state index in [0.29, 0.717) is 28.5 Å². The molecule has 4 rings (SSSR count). The second-order valence-corrected chi connectivity index (χ2v) is 7.30. The van der Waals surface area contributed by atoms with Crippen LogP contribution in [0.4, 0.5) is 0 Å². The third-order valence-corrected chi connectivity index (χ3v) is 4.91. The minimum absolute atomic E-state index is 0.356. The van der Waals surface area contributed by atoms with Crippen LogP contribution in [0.5, 0.6) is 5.75 Å². The van der Waals surface area contributed by atoms with Gasteiger partial charge < -0.3 is 9.30 Å². The Balaban J connectivity index is 1.28. The summed E-state index contributed by atoms with van der Waals surface area (Å²) in [7, 11) is 0. The van der Waals surface area contributed by atoms with Gasteiger partial charge in [0.2, 0.25) is 0 Å². The number of ether oxygens (including phenoxy) is 1. The van der Waals surface area contributed by atoms with Crippen molar-refractivity contribution in [3.63, 3.8) is 0 Å². The van der Waals surface area contributed by atoms with Crippen LogP contribution in [-0.4, -0.2) is 21.4 Å². The number of carbonyl (C=O) groups is 2. The molecule has 0 aliphatic heterocycles. The summed E-state index contributed by atoms with van der Waals surface area (Å²) in [5.41, 5.74) is 7.46. The molecule has 1 aromatic heterocycles. The minimum atomic E-state index is -0.418. The predicted octanol–water partition coefficient (Wildman–Crippen LogP) is 4.18. The normalized spacial score (nSPS) is 10.4. The van der Waals surface area contributed by atoms with Crippen LogP contribution in [0, 0.1) is 0 Å². The van der Waals surface area contributed by atoms with E-state index in [2.05, 4.69) is 15.8 Å². The van der Waals surface area contributed by atoms with Crippen LogP contribution in [0.1, 0.15) is 26.3 Å². The number of amides is 2. The van der Waals surface area contributed by atoms with Gasteiger partial charge in [-0.05, 0) is 66.2 Å². The first-order valence-corrected chi connectivity index (χ1v) is 10.1. The van der Waals surface area contributed by atoms with E-state index >= 15 is 0 Å². The van der Waals surface area contributed by atoms with Crippen molar-refractivity contribution >= 4 is 23.4 Å². The van der Waals surface area contributed by atoms with Gasteiger partial charge in [0.25, 0.3) is 11.8 Å².